The number of H-pyrrole nitrogens is 1. The van der Waals surface area contributed by atoms with E-state index in [4.69, 9.17) is 0 Å². The van der Waals surface area contributed by atoms with Gasteiger partial charge in [0.05, 0.1) is 0 Å². The molecule has 2 aliphatic rings. The Balaban J connectivity index is 1.27. The quantitative estimate of drug-likeness (QED) is 0.647. The van der Waals surface area contributed by atoms with E-state index in [1.165, 1.54) is 12.1 Å². The first-order valence-corrected chi connectivity index (χ1v) is 9.70. The number of piperazine rings is 1. The molecule has 11 heteroatoms. The molecule has 0 amide bonds. The SMILES string of the molecule is Fc1ccc2[nH]cc(CN3CCN(C4=Nn5c(nnc5C(F)(F)F)CC4)CC3)c2c1. The van der Waals surface area contributed by atoms with Crippen LogP contribution in [0.15, 0.2) is 29.5 Å². The molecule has 0 atom stereocenters. The van der Waals surface area contributed by atoms with Crippen LogP contribution in [0.1, 0.15) is 23.6 Å². The predicted octanol–water partition coefficient (Wildman–Crippen LogP) is 2.84. The lowest BCUT2D eigenvalue weighted by atomic mass is 10.1. The smallest absolute Gasteiger partial charge is 0.361 e. The van der Waals surface area contributed by atoms with Gasteiger partial charge in [0.1, 0.15) is 11.7 Å². The van der Waals surface area contributed by atoms with Crippen molar-refractivity contribution < 1.29 is 17.6 Å². The average Bonchev–Trinajstić information content (AvgIpc) is 3.32. The number of benzene rings is 1. The maximum absolute atomic E-state index is 13.6. The zero-order valence-electron chi connectivity index (χ0n) is 16.0. The highest BCUT2D eigenvalue weighted by molar-refractivity contribution is 5.84. The van der Waals surface area contributed by atoms with E-state index in [9.17, 15) is 17.6 Å². The summed E-state index contributed by atoms with van der Waals surface area (Å²) in [6.07, 6.45) is -1.77. The van der Waals surface area contributed by atoms with Gasteiger partial charge in [-0.2, -0.15) is 22.9 Å². The van der Waals surface area contributed by atoms with Crippen LogP contribution in [0.3, 0.4) is 0 Å². The Kier molecular flexibility index (Phi) is 4.49. The first kappa shape index (κ1) is 19.0. The third-order valence-corrected chi connectivity index (χ3v) is 5.61. The summed E-state index contributed by atoms with van der Waals surface area (Å²) in [5.41, 5.74) is 1.92. The number of aromatic nitrogens is 4. The third kappa shape index (κ3) is 3.42. The highest BCUT2D eigenvalue weighted by Gasteiger charge is 2.40. The van der Waals surface area contributed by atoms with Crippen LogP contribution < -0.4 is 0 Å². The van der Waals surface area contributed by atoms with E-state index in [-0.39, 0.29) is 11.6 Å². The molecule has 7 nitrogen and oxygen atoms in total. The average molecular weight is 421 g/mol. The first-order chi connectivity index (χ1) is 14.4. The number of aryl methyl sites for hydroxylation is 1. The van der Waals surface area contributed by atoms with Crippen LogP contribution in [0.4, 0.5) is 17.6 Å². The molecule has 158 valence electrons. The number of fused-ring (bicyclic) bond motifs is 2. The molecule has 30 heavy (non-hydrogen) atoms. The van der Waals surface area contributed by atoms with Crippen LogP contribution in [-0.4, -0.2) is 61.7 Å². The second-order valence-electron chi connectivity index (χ2n) is 7.53. The summed E-state index contributed by atoms with van der Waals surface area (Å²) in [6.45, 7) is 3.48. The predicted molar refractivity (Wildman–Crippen MR) is 101 cm³/mol. The Morgan fingerprint density at radius 1 is 1.03 bits per heavy atom. The molecule has 0 bridgehead atoms. The fourth-order valence-corrected chi connectivity index (χ4v) is 4.05. The fourth-order valence-electron chi connectivity index (χ4n) is 4.05. The van der Waals surface area contributed by atoms with Crippen molar-refractivity contribution in [3.63, 3.8) is 0 Å². The van der Waals surface area contributed by atoms with Gasteiger partial charge in [-0.1, -0.05) is 0 Å². The molecule has 3 aromatic rings. The molecule has 5 rings (SSSR count). The van der Waals surface area contributed by atoms with E-state index in [1.807, 2.05) is 11.1 Å². The molecule has 1 saturated heterocycles. The van der Waals surface area contributed by atoms with Crippen molar-refractivity contribution in [2.45, 2.75) is 25.6 Å². The van der Waals surface area contributed by atoms with E-state index in [2.05, 4.69) is 25.2 Å². The minimum absolute atomic E-state index is 0.233. The molecule has 1 aromatic carbocycles. The van der Waals surface area contributed by atoms with E-state index < -0.39 is 12.0 Å². The maximum atomic E-state index is 13.6. The van der Waals surface area contributed by atoms with Crippen LogP contribution in [0, 0.1) is 5.82 Å². The van der Waals surface area contributed by atoms with E-state index in [1.54, 1.807) is 6.07 Å². The summed E-state index contributed by atoms with van der Waals surface area (Å²) in [6, 6.07) is 4.68. The normalized spacial score (nSPS) is 18.0. The van der Waals surface area contributed by atoms with Crippen LogP contribution >= 0.6 is 0 Å². The summed E-state index contributed by atoms with van der Waals surface area (Å²) in [5, 5.41) is 11.9. The van der Waals surface area contributed by atoms with Gasteiger partial charge in [-0.15, -0.1) is 10.2 Å². The van der Waals surface area contributed by atoms with Crippen LogP contribution in [0.5, 0.6) is 0 Å². The van der Waals surface area contributed by atoms with Gasteiger partial charge >= 0.3 is 6.18 Å². The molecule has 0 unspecified atom stereocenters. The number of halogens is 4. The van der Waals surface area contributed by atoms with Crippen molar-refractivity contribution in [2.24, 2.45) is 5.10 Å². The van der Waals surface area contributed by atoms with Gasteiger partial charge in [-0.25, -0.2) is 4.39 Å². The molecule has 0 spiro atoms. The second-order valence-corrected chi connectivity index (χ2v) is 7.53. The van der Waals surface area contributed by atoms with Gasteiger partial charge in [-0.3, -0.25) is 4.90 Å². The molecule has 0 radical (unpaired) electrons. The monoisotopic (exact) mass is 421 g/mol. The number of hydrogen-bond donors (Lipinski definition) is 1. The largest absolute Gasteiger partial charge is 0.453 e. The summed E-state index contributed by atoms with van der Waals surface area (Å²) in [5.74, 6) is -0.493. The molecule has 0 aliphatic carbocycles. The van der Waals surface area contributed by atoms with Crippen LogP contribution in [0.25, 0.3) is 10.9 Å². The number of amidine groups is 1. The second kappa shape index (κ2) is 7.08. The van der Waals surface area contributed by atoms with E-state index in [0.29, 0.717) is 38.3 Å². The maximum Gasteiger partial charge on any atom is 0.453 e. The molecule has 0 saturated carbocycles. The number of nitrogens with zero attached hydrogens (tertiary/aromatic N) is 6. The lowest BCUT2D eigenvalue weighted by Crippen LogP contribution is -2.49. The van der Waals surface area contributed by atoms with Crippen molar-refractivity contribution in [1.82, 2.24) is 29.7 Å². The van der Waals surface area contributed by atoms with Gasteiger partial charge in [-0.05, 0) is 23.8 Å². The van der Waals surface area contributed by atoms with Gasteiger partial charge in [0, 0.05) is 62.7 Å². The van der Waals surface area contributed by atoms with Crippen LogP contribution in [0.2, 0.25) is 0 Å². The van der Waals surface area contributed by atoms with Crippen molar-refractivity contribution in [2.75, 3.05) is 26.2 Å². The third-order valence-electron chi connectivity index (χ3n) is 5.61. The van der Waals surface area contributed by atoms with Gasteiger partial charge in [0.2, 0.25) is 0 Å². The van der Waals surface area contributed by atoms with Crippen molar-refractivity contribution in [1.29, 1.82) is 0 Å². The van der Waals surface area contributed by atoms with Gasteiger partial charge in [0.25, 0.3) is 5.82 Å². The Hall–Kier alpha value is -2.95. The Morgan fingerprint density at radius 3 is 2.60 bits per heavy atom. The zero-order chi connectivity index (χ0) is 20.9. The number of alkyl halides is 3. The number of rotatable bonds is 2. The van der Waals surface area contributed by atoms with Crippen molar-refractivity contribution in [3.8, 4) is 0 Å². The first-order valence-electron chi connectivity index (χ1n) is 9.70. The van der Waals surface area contributed by atoms with Crippen molar-refractivity contribution >= 4 is 16.7 Å². The number of hydrogen-bond acceptors (Lipinski definition) is 5. The van der Waals surface area contributed by atoms with Crippen LogP contribution in [-0.2, 0) is 19.1 Å². The standard InChI is InChI=1S/C19H19F4N7/c20-13-1-2-15-14(9-13)12(10-24-15)11-28-5-7-29(8-6-28)17-4-3-16-25-26-18(19(21,22)23)30(16)27-17/h1-2,9-10,24H,3-8,11H2. The van der Waals surface area contributed by atoms with Crippen molar-refractivity contribution in [3.05, 3.63) is 47.4 Å². The highest BCUT2D eigenvalue weighted by atomic mass is 19.4. The van der Waals surface area contributed by atoms with Gasteiger partial charge < -0.3 is 9.88 Å². The topological polar surface area (TPSA) is 65.3 Å². The molecule has 1 fully saturated rings. The molecule has 2 aromatic heterocycles. The Bertz CT molecular complexity index is 1110. The molecular formula is C19H19F4N7. The minimum atomic E-state index is -4.59. The molecule has 4 heterocycles. The Morgan fingerprint density at radius 2 is 1.83 bits per heavy atom. The highest BCUT2D eigenvalue weighted by Crippen LogP contribution is 2.30. The summed E-state index contributed by atoms with van der Waals surface area (Å²) in [4.78, 5) is 7.43. The number of aromatic amines is 1. The fraction of sp³-hybridized carbons (Fsp3) is 0.421. The van der Waals surface area contributed by atoms with E-state index in [0.717, 1.165) is 34.2 Å². The Labute approximate surface area is 169 Å². The summed E-state index contributed by atoms with van der Waals surface area (Å²) >= 11 is 0. The summed E-state index contributed by atoms with van der Waals surface area (Å²) < 4.78 is 53.7. The van der Waals surface area contributed by atoms with Gasteiger partial charge in [0.15, 0.2) is 5.82 Å². The summed E-state index contributed by atoms with van der Waals surface area (Å²) in [7, 11) is 0. The molecular weight excluding hydrogens is 402 g/mol. The lowest BCUT2D eigenvalue weighted by molar-refractivity contribution is -0.147. The zero-order valence-corrected chi connectivity index (χ0v) is 16.0. The number of nitrogens with one attached hydrogen (secondary N) is 1. The minimum Gasteiger partial charge on any atom is -0.361 e. The molecule has 1 N–H and O–H groups in total. The molecule has 2 aliphatic heterocycles. The lowest BCUT2D eigenvalue weighted by Gasteiger charge is -2.37. The van der Waals surface area contributed by atoms with E-state index >= 15 is 0 Å².